The highest BCUT2D eigenvalue weighted by molar-refractivity contribution is 5.93. The summed E-state index contributed by atoms with van der Waals surface area (Å²) in [7, 11) is 2.00. The predicted molar refractivity (Wildman–Crippen MR) is 147 cm³/mol. The van der Waals surface area contributed by atoms with Crippen molar-refractivity contribution in [2.45, 2.75) is 60.8 Å². The van der Waals surface area contributed by atoms with E-state index < -0.39 is 0 Å². The third kappa shape index (κ3) is 9.45. The first-order valence-electron chi connectivity index (χ1n) is 13.1. The van der Waals surface area contributed by atoms with Crippen LogP contribution in [0.1, 0.15) is 54.5 Å². The molecule has 1 atom stereocenters. The van der Waals surface area contributed by atoms with E-state index in [1.54, 1.807) is 0 Å². The number of quaternary nitrogens is 1. The minimum absolute atomic E-state index is 0. The fraction of sp³-hybridized carbons (Fsp3) is 0.533. The number of ketones is 1. The Kier molecular flexibility index (Phi) is 13.6. The Balaban J connectivity index is 0.00000648. The number of carbonyl (C=O) groups excluding carboxylic acids is 2. The van der Waals surface area contributed by atoms with Gasteiger partial charge >= 0.3 is 0 Å². The maximum atomic E-state index is 13.2. The van der Waals surface area contributed by atoms with Crippen molar-refractivity contribution in [3.8, 4) is 0 Å². The van der Waals surface area contributed by atoms with Crippen LogP contribution in [0.2, 0.25) is 0 Å². The summed E-state index contributed by atoms with van der Waals surface area (Å²) >= 11 is 0. The van der Waals surface area contributed by atoms with Gasteiger partial charge in [0.15, 0.2) is 5.78 Å². The molecule has 0 aliphatic heterocycles. The molecule has 2 aromatic carbocycles. The number of halogens is 1. The summed E-state index contributed by atoms with van der Waals surface area (Å²) in [5, 5.41) is 3.08. The van der Waals surface area contributed by atoms with Crippen LogP contribution in [-0.2, 0) is 16.0 Å². The van der Waals surface area contributed by atoms with Crippen molar-refractivity contribution in [1.82, 2.24) is 4.90 Å². The van der Waals surface area contributed by atoms with Gasteiger partial charge in [0.2, 0.25) is 5.91 Å². The lowest BCUT2D eigenvalue weighted by Gasteiger charge is -2.37. The summed E-state index contributed by atoms with van der Waals surface area (Å²) in [5.74, 6) is 0.331. The third-order valence-electron chi connectivity index (χ3n) is 7.23. The van der Waals surface area contributed by atoms with Crippen LogP contribution in [0.5, 0.6) is 0 Å². The van der Waals surface area contributed by atoms with E-state index >= 15 is 0 Å². The number of rotatable bonds is 14. The highest BCUT2D eigenvalue weighted by Gasteiger charge is 2.28. The molecule has 0 heterocycles. The first-order valence-corrected chi connectivity index (χ1v) is 13.1. The number of carbonyl (C=O) groups is 2. The third-order valence-corrected chi connectivity index (χ3v) is 7.23. The maximum Gasteiger partial charge on any atom is 0.238 e. The number of aryl methyl sites for hydroxylation is 4. The number of Topliss-reactive ketones (excluding diaryl/α,β-unsaturated/α-hetero) is 1. The first kappa shape index (κ1) is 32.0. The Bertz CT molecular complexity index is 967. The number of likely N-dealkylation sites (N-methyl/N-ethyl adjacent to an activating group) is 2. The molecule has 0 saturated carbocycles. The van der Waals surface area contributed by atoms with Gasteiger partial charge in [-0.3, -0.25) is 14.5 Å². The van der Waals surface area contributed by atoms with Gasteiger partial charge in [-0.1, -0.05) is 43.3 Å². The zero-order valence-corrected chi connectivity index (χ0v) is 25.0. The van der Waals surface area contributed by atoms with Crippen LogP contribution in [0.25, 0.3) is 0 Å². The van der Waals surface area contributed by atoms with Crippen LogP contribution in [-0.4, -0.2) is 67.4 Å². The molecular formula is C30H46BrN3O2. The van der Waals surface area contributed by atoms with Crippen molar-refractivity contribution >= 4 is 17.4 Å². The second-order valence-electron chi connectivity index (χ2n) is 10.3. The minimum Gasteiger partial charge on any atom is -1.00 e. The van der Waals surface area contributed by atoms with Gasteiger partial charge in [-0.05, 0) is 75.9 Å². The monoisotopic (exact) mass is 559 g/mol. The fourth-order valence-electron chi connectivity index (χ4n) is 5.12. The van der Waals surface area contributed by atoms with Gasteiger partial charge in [-0.15, -0.1) is 0 Å². The Hall–Kier alpha value is -2.02. The molecular weight excluding hydrogens is 514 g/mol. The molecule has 1 amide bonds. The number of hydrogen-bond donors (Lipinski definition) is 1. The van der Waals surface area contributed by atoms with Crippen LogP contribution in [0.4, 0.5) is 5.69 Å². The number of para-hydroxylation sites is 1. The smallest absolute Gasteiger partial charge is 0.238 e. The largest absolute Gasteiger partial charge is 1.00 e. The lowest BCUT2D eigenvalue weighted by Crippen LogP contribution is -3.00. The summed E-state index contributed by atoms with van der Waals surface area (Å²) in [6.45, 7) is 17.3. The summed E-state index contributed by atoms with van der Waals surface area (Å²) < 4.78 is 0.822. The lowest BCUT2D eigenvalue weighted by molar-refractivity contribution is -0.919. The van der Waals surface area contributed by atoms with Gasteiger partial charge in [0.05, 0.1) is 26.2 Å². The van der Waals surface area contributed by atoms with E-state index in [-0.39, 0.29) is 22.9 Å². The molecule has 1 N–H and O–H groups in total. The molecule has 2 aromatic rings. The Morgan fingerprint density at radius 1 is 0.889 bits per heavy atom. The Morgan fingerprint density at radius 3 is 1.97 bits per heavy atom. The van der Waals surface area contributed by atoms with E-state index in [1.165, 1.54) is 16.7 Å². The topological polar surface area (TPSA) is 49.4 Å². The summed E-state index contributed by atoms with van der Waals surface area (Å²) in [5.41, 5.74) is 6.65. The zero-order chi connectivity index (χ0) is 26.0. The average Bonchev–Trinajstić information content (AvgIpc) is 2.79. The zero-order valence-electron chi connectivity index (χ0n) is 23.4. The number of benzene rings is 2. The molecule has 0 fully saturated rings. The van der Waals surface area contributed by atoms with Gasteiger partial charge in [0, 0.05) is 25.1 Å². The standard InChI is InChI=1S/C30H45N3O2.BrH/c1-8-18-33(9-2,22-27(34)20-28-23(3)13-10-14-24(28)4)19-12-17-32(7)21-29(35)31-30-25(5)15-11-16-26(30)6;/h10-11,13-16H,8-9,12,17-22H2,1-7H3;1H. The van der Waals surface area contributed by atoms with Crippen molar-refractivity contribution < 1.29 is 31.1 Å². The van der Waals surface area contributed by atoms with Gasteiger partial charge in [0.1, 0.15) is 6.54 Å². The second-order valence-corrected chi connectivity index (χ2v) is 10.3. The molecule has 5 nitrogen and oxygen atoms in total. The molecule has 6 heteroatoms. The number of nitrogens with zero attached hydrogens (tertiary/aromatic N) is 2. The number of nitrogens with one attached hydrogen (secondary N) is 1. The van der Waals surface area contributed by atoms with Gasteiger partial charge < -0.3 is 26.8 Å². The normalized spacial score (nSPS) is 12.7. The molecule has 0 aromatic heterocycles. The molecule has 200 valence electrons. The van der Waals surface area contributed by atoms with Crippen LogP contribution in [0, 0.1) is 27.7 Å². The van der Waals surface area contributed by atoms with Crippen molar-refractivity contribution in [3.05, 3.63) is 64.2 Å². The highest BCUT2D eigenvalue weighted by atomic mass is 79.9. The molecule has 0 aliphatic rings. The Morgan fingerprint density at radius 2 is 1.44 bits per heavy atom. The molecule has 0 aliphatic carbocycles. The SMILES string of the molecule is CCC[N+](CC)(CCCN(C)CC(=O)Nc1c(C)cccc1C)CC(=O)Cc1c(C)cccc1C.[Br-]. The lowest BCUT2D eigenvalue weighted by atomic mass is 9.97. The van der Waals surface area contributed by atoms with Crippen molar-refractivity contribution in [3.63, 3.8) is 0 Å². The molecule has 0 saturated heterocycles. The van der Waals surface area contributed by atoms with E-state index in [1.807, 2.05) is 39.1 Å². The van der Waals surface area contributed by atoms with Crippen LogP contribution in [0.15, 0.2) is 36.4 Å². The van der Waals surface area contributed by atoms with E-state index in [0.29, 0.717) is 25.3 Å². The Labute approximate surface area is 229 Å². The molecule has 2 rings (SSSR count). The quantitative estimate of drug-likeness (QED) is 0.361. The number of hydrogen-bond acceptors (Lipinski definition) is 3. The number of anilines is 1. The second kappa shape index (κ2) is 15.3. The highest BCUT2D eigenvalue weighted by Crippen LogP contribution is 2.20. The van der Waals surface area contributed by atoms with Gasteiger partial charge in [0.25, 0.3) is 0 Å². The fourth-order valence-corrected chi connectivity index (χ4v) is 5.12. The summed E-state index contributed by atoms with van der Waals surface area (Å²) in [4.78, 5) is 27.9. The summed E-state index contributed by atoms with van der Waals surface area (Å²) in [6.07, 6.45) is 2.52. The molecule has 1 unspecified atom stereocenters. The average molecular weight is 561 g/mol. The van der Waals surface area contributed by atoms with Crippen LogP contribution >= 0.6 is 0 Å². The minimum atomic E-state index is 0. The molecule has 0 spiro atoms. The van der Waals surface area contributed by atoms with E-state index in [2.05, 4.69) is 56.1 Å². The molecule has 0 radical (unpaired) electrons. The maximum absolute atomic E-state index is 13.2. The van der Waals surface area contributed by atoms with Gasteiger partial charge in [-0.25, -0.2) is 0 Å². The van der Waals surface area contributed by atoms with E-state index in [9.17, 15) is 9.59 Å². The molecule has 36 heavy (non-hydrogen) atoms. The van der Waals surface area contributed by atoms with Crippen molar-refractivity contribution in [2.24, 2.45) is 0 Å². The van der Waals surface area contributed by atoms with Crippen LogP contribution in [0.3, 0.4) is 0 Å². The van der Waals surface area contributed by atoms with Crippen LogP contribution < -0.4 is 22.3 Å². The van der Waals surface area contributed by atoms with E-state index in [0.717, 1.165) is 60.3 Å². The van der Waals surface area contributed by atoms with Gasteiger partial charge in [-0.2, -0.15) is 0 Å². The molecule has 0 bridgehead atoms. The first-order chi connectivity index (χ1) is 16.6. The predicted octanol–water partition coefficient (Wildman–Crippen LogP) is 2.24. The van der Waals surface area contributed by atoms with Crippen molar-refractivity contribution in [1.29, 1.82) is 0 Å². The van der Waals surface area contributed by atoms with E-state index in [4.69, 9.17) is 0 Å². The van der Waals surface area contributed by atoms with Crippen molar-refractivity contribution in [2.75, 3.05) is 51.6 Å². The summed E-state index contributed by atoms with van der Waals surface area (Å²) in [6, 6.07) is 12.3. The number of amides is 1.